The van der Waals surface area contributed by atoms with Crippen LogP contribution in [0.5, 0.6) is 6.01 Å². The molecule has 0 amide bonds. The molecule has 0 radical (unpaired) electrons. The lowest BCUT2D eigenvalue weighted by atomic mass is 10.5. The van der Waals surface area contributed by atoms with Crippen molar-refractivity contribution in [3.8, 4) is 16.7 Å². The number of H-pyrrole nitrogens is 1. The highest BCUT2D eigenvalue weighted by Gasteiger charge is 2.34. The molecule has 10 heteroatoms. The number of hydrogen-bond acceptors (Lipinski definition) is 6. The Balaban J connectivity index is 2.46. The van der Waals surface area contributed by atoms with Gasteiger partial charge in [-0.05, 0) is 0 Å². The maximum Gasteiger partial charge on any atom is 0.443 e. The highest BCUT2D eigenvalue weighted by atomic mass is 32.1. The molecule has 0 aliphatic heterocycles. The summed E-state index contributed by atoms with van der Waals surface area (Å²) in [7, 11) is 1.24. The van der Waals surface area contributed by atoms with Crippen LogP contribution in [-0.4, -0.2) is 27.0 Å². The molecule has 0 fully saturated rings. The van der Waals surface area contributed by atoms with Gasteiger partial charge < -0.3 is 4.74 Å². The molecule has 6 nitrogen and oxygen atoms in total. The topological polar surface area (TPSA) is 80.8 Å². The van der Waals surface area contributed by atoms with E-state index in [1.807, 2.05) is 0 Å². The minimum Gasteiger partial charge on any atom is -0.467 e. The Hall–Kier alpha value is -1.97. The van der Waals surface area contributed by atoms with E-state index in [0.717, 1.165) is 6.20 Å². The lowest BCUT2D eigenvalue weighted by molar-refractivity contribution is -0.137. The Kier molecular flexibility index (Phi) is 3.03. The number of ether oxygens (including phenoxy) is 1. The van der Waals surface area contributed by atoms with Gasteiger partial charge in [-0.3, -0.25) is 4.98 Å². The van der Waals surface area contributed by atoms with Crippen molar-refractivity contribution in [1.29, 1.82) is 0 Å². The minimum atomic E-state index is -4.53. The molecule has 2 aromatic rings. The fraction of sp³-hybridized carbons (Fsp3) is 0.250. The summed E-state index contributed by atoms with van der Waals surface area (Å²) in [6.45, 7) is 0. The number of halogens is 3. The number of nitrogens with one attached hydrogen (secondary N) is 1. The van der Waals surface area contributed by atoms with Gasteiger partial charge in [-0.1, -0.05) is 0 Å². The summed E-state index contributed by atoms with van der Waals surface area (Å²) >= 11 is 0.369. The van der Waals surface area contributed by atoms with Crippen molar-refractivity contribution in [3.05, 3.63) is 21.7 Å². The van der Waals surface area contributed by atoms with Crippen LogP contribution in [0.3, 0.4) is 0 Å². The number of methoxy groups -OCH3 is 1. The van der Waals surface area contributed by atoms with Crippen LogP contribution in [0.25, 0.3) is 10.7 Å². The molecule has 0 bridgehead atoms. The molecule has 2 aromatic heterocycles. The summed E-state index contributed by atoms with van der Waals surface area (Å²) in [6.07, 6.45) is -3.55. The molecular formula is C8H5F3N4O2S. The van der Waals surface area contributed by atoms with E-state index in [1.165, 1.54) is 7.11 Å². The predicted molar refractivity (Wildman–Crippen MR) is 55.3 cm³/mol. The maximum absolute atomic E-state index is 12.4. The van der Waals surface area contributed by atoms with Crippen molar-refractivity contribution >= 4 is 11.3 Å². The number of hydrogen-bond donors (Lipinski definition) is 1. The van der Waals surface area contributed by atoms with E-state index in [9.17, 15) is 18.0 Å². The fourth-order valence-electron chi connectivity index (χ4n) is 1.09. The van der Waals surface area contributed by atoms with Crippen LogP contribution in [0.4, 0.5) is 13.2 Å². The molecule has 2 rings (SSSR count). The molecule has 0 aliphatic rings. The normalized spacial score (nSPS) is 11.6. The van der Waals surface area contributed by atoms with E-state index in [1.54, 1.807) is 0 Å². The molecule has 0 unspecified atom stereocenters. The number of rotatable bonds is 2. The van der Waals surface area contributed by atoms with E-state index in [0.29, 0.717) is 11.3 Å². The van der Waals surface area contributed by atoms with Gasteiger partial charge in [0.15, 0.2) is 10.8 Å². The molecular weight excluding hydrogens is 273 g/mol. The van der Waals surface area contributed by atoms with E-state index in [2.05, 4.69) is 24.7 Å². The van der Waals surface area contributed by atoms with Crippen molar-refractivity contribution in [1.82, 2.24) is 19.9 Å². The first kappa shape index (κ1) is 12.5. The van der Waals surface area contributed by atoms with Crippen LogP contribution in [-0.2, 0) is 6.18 Å². The summed E-state index contributed by atoms with van der Waals surface area (Å²) in [5, 5.41) is -1.02. The number of alkyl halides is 3. The van der Waals surface area contributed by atoms with Crippen molar-refractivity contribution in [3.63, 3.8) is 0 Å². The summed E-state index contributed by atoms with van der Waals surface area (Å²) in [6, 6.07) is -0.226. The summed E-state index contributed by atoms with van der Waals surface area (Å²) in [5.41, 5.74) is -0.765. The number of nitrogens with zero attached hydrogens (tertiary/aromatic N) is 3. The largest absolute Gasteiger partial charge is 0.467 e. The Morgan fingerprint density at radius 2 is 2.11 bits per heavy atom. The van der Waals surface area contributed by atoms with Crippen LogP contribution in [0.1, 0.15) is 5.01 Å². The summed E-state index contributed by atoms with van der Waals surface area (Å²) in [5.74, 6) is -0.0696. The average molecular weight is 278 g/mol. The molecule has 0 atom stereocenters. The van der Waals surface area contributed by atoms with Crippen molar-refractivity contribution in [2.75, 3.05) is 7.11 Å². The Bertz CT molecular complexity index is 621. The van der Waals surface area contributed by atoms with Crippen molar-refractivity contribution in [2.45, 2.75) is 6.18 Å². The van der Waals surface area contributed by atoms with E-state index in [-0.39, 0.29) is 16.7 Å². The first-order valence-electron chi connectivity index (χ1n) is 4.46. The summed E-state index contributed by atoms with van der Waals surface area (Å²) in [4.78, 5) is 23.7. The molecule has 2 heterocycles. The quantitative estimate of drug-likeness (QED) is 0.896. The smallest absolute Gasteiger partial charge is 0.443 e. The molecule has 1 N–H and O–H groups in total. The molecule has 0 aliphatic carbocycles. The van der Waals surface area contributed by atoms with Crippen LogP contribution < -0.4 is 10.4 Å². The van der Waals surface area contributed by atoms with Gasteiger partial charge in [0.25, 0.3) is 0 Å². The maximum atomic E-state index is 12.4. The third-order valence-corrected chi connectivity index (χ3v) is 2.84. The second-order valence-corrected chi connectivity index (χ2v) is 4.05. The van der Waals surface area contributed by atoms with Crippen molar-refractivity contribution in [2.24, 2.45) is 0 Å². The number of aromatic amines is 1. The van der Waals surface area contributed by atoms with E-state index in [4.69, 9.17) is 0 Å². The Labute approximate surface area is 102 Å². The van der Waals surface area contributed by atoms with Crippen LogP contribution in [0, 0.1) is 0 Å². The van der Waals surface area contributed by atoms with Gasteiger partial charge >= 0.3 is 17.9 Å². The second-order valence-electron chi connectivity index (χ2n) is 3.02. The third-order valence-electron chi connectivity index (χ3n) is 1.79. The summed E-state index contributed by atoms with van der Waals surface area (Å²) < 4.78 is 41.7. The zero-order valence-corrected chi connectivity index (χ0v) is 9.59. The molecule has 0 aromatic carbocycles. The van der Waals surface area contributed by atoms with Gasteiger partial charge in [-0.25, -0.2) is 9.78 Å². The molecule has 96 valence electrons. The van der Waals surface area contributed by atoms with Crippen LogP contribution in [0.15, 0.2) is 11.0 Å². The van der Waals surface area contributed by atoms with Gasteiger partial charge in [0, 0.05) is 6.20 Å². The Morgan fingerprint density at radius 1 is 1.39 bits per heavy atom. The number of thiazole rings is 1. The Morgan fingerprint density at radius 3 is 2.67 bits per heavy atom. The molecule has 18 heavy (non-hydrogen) atoms. The second kappa shape index (κ2) is 4.37. The number of aromatic nitrogens is 4. The zero-order chi connectivity index (χ0) is 13.3. The van der Waals surface area contributed by atoms with Gasteiger partial charge in [-0.2, -0.15) is 18.2 Å². The highest BCUT2D eigenvalue weighted by Crippen LogP contribution is 2.35. The average Bonchev–Trinajstić information content (AvgIpc) is 2.77. The predicted octanol–water partition coefficient (Wildman–Crippen LogP) is 1.32. The first-order valence-corrected chi connectivity index (χ1v) is 5.27. The lowest BCUT2D eigenvalue weighted by Gasteiger charge is -2.00. The fourth-order valence-corrected chi connectivity index (χ4v) is 1.82. The highest BCUT2D eigenvalue weighted by molar-refractivity contribution is 7.15. The monoisotopic (exact) mass is 278 g/mol. The minimum absolute atomic E-state index is 0.0696. The van der Waals surface area contributed by atoms with Crippen molar-refractivity contribution < 1.29 is 17.9 Å². The zero-order valence-electron chi connectivity index (χ0n) is 8.78. The molecule has 0 spiro atoms. The van der Waals surface area contributed by atoms with Crippen LogP contribution >= 0.6 is 11.3 Å². The van der Waals surface area contributed by atoms with E-state index >= 15 is 0 Å². The van der Waals surface area contributed by atoms with Gasteiger partial charge in [-0.15, -0.1) is 16.3 Å². The SMILES string of the molecule is COc1nc(-c2cnc(C(F)(F)F)s2)[nH]c(=O)n1. The molecule has 0 saturated carbocycles. The first-order chi connectivity index (χ1) is 8.40. The molecule has 0 saturated heterocycles. The third kappa shape index (κ3) is 2.47. The van der Waals surface area contributed by atoms with Gasteiger partial charge in [0.05, 0.1) is 12.0 Å². The standard InChI is InChI=1S/C8H5F3N4O2S/c1-17-7-14-4(13-6(16)15-7)3-2-12-5(18-3)8(9,10)11/h2H,1H3,(H,13,14,15,16). The lowest BCUT2D eigenvalue weighted by Crippen LogP contribution is -2.13. The van der Waals surface area contributed by atoms with Crippen LogP contribution in [0.2, 0.25) is 0 Å². The van der Waals surface area contributed by atoms with E-state index < -0.39 is 16.9 Å². The van der Waals surface area contributed by atoms with Gasteiger partial charge in [0.1, 0.15) is 0 Å². The van der Waals surface area contributed by atoms with Gasteiger partial charge in [0.2, 0.25) is 0 Å².